The van der Waals surface area contributed by atoms with E-state index in [1.807, 2.05) is 86.6 Å². The number of hydrogen-bond acceptors (Lipinski definition) is 4. The minimum absolute atomic E-state index is 0.133. The zero-order valence-electron chi connectivity index (χ0n) is 19.4. The van der Waals surface area contributed by atoms with E-state index >= 15 is 0 Å². The van der Waals surface area contributed by atoms with Crippen LogP contribution in [0.2, 0.25) is 0 Å². The van der Waals surface area contributed by atoms with Gasteiger partial charge in [0.15, 0.2) is 5.82 Å². The lowest BCUT2D eigenvalue weighted by molar-refractivity contribution is 0.102. The second-order valence-corrected chi connectivity index (χ2v) is 8.47. The summed E-state index contributed by atoms with van der Waals surface area (Å²) in [5, 5.41) is 7.58. The first-order valence-electron chi connectivity index (χ1n) is 11.1. The number of hydrogen-bond donors (Lipinski definition) is 1. The third-order valence-corrected chi connectivity index (χ3v) is 5.28. The Labute approximate surface area is 194 Å². The minimum Gasteiger partial charge on any atom is -0.462 e. The number of nitrogens with one attached hydrogen (secondary N) is 1. The highest BCUT2D eigenvalue weighted by atomic mass is 16.5. The number of nitrogens with zero attached hydrogens (tertiary/aromatic N) is 3. The van der Waals surface area contributed by atoms with Crippen molar-refractivity contribution in [1.29, 1.82) is 0 Å². The normalized spacial score (nSPS) is 10.9. The van der Waals surface area contributed by atoms with Crippen molar-refractivity contribution in [3.63, 3.8) is 0 Å². The second-order valence-electron chi connectivity index (χ2n) is 8.47. The van der Waals surface area contributed by atoms with Crippen molar-refractivity contribution in [3.05, 3.63) is 89.5 Å². The predicted molar refractivity (Wildman–Crippen MR) is 131 cm³/mol. The fraction of sp³-hybridized carbons (Fsp3) is 0.222. The number of carbonyl (C=O) groups is 1. The Kier molecular flexibility index (Phi) is 6.54. The van der Waals surface area contributed by atoms with Gasteiger partial charge in [0.25, 0.3) is 5.91 Å². The molecule has 0 unspecified atom stereocenters. The Morgan fingerprint density at radius 1 is 0.939 bits per heavy atom. The molecule has 1 heterocycles. The van der Waals surface area contributed by atoms with Crippen LogP contribution >= 0.6 is 0 Å². The molecule has 0 fully saturated rings. The predicted octanol–water partition coefficient (Wildman–Crippen LogP) is 5.84. The molecule has 4 aromatic rings. The van der Waals surface area contributed by atoms with Crippen LogP contribution in [-0.2, 0) is 0 Å². The van der Waals surface area contributed by atoms with Gasteiger partial charge >= 0.3 is 6.01 Å². The maximum Gasteiger partial charge on any atom is 0.336 e. The van der Waals surface area contributed by atoms with Gasteiger partial charge in [-0.05, 0) is 61.2 Å². The average molecular weight is 441 g/mol. The molecule has 0 spiro atoms. The zero-order chi connectivity index (χ0) is 23.4. The molecule has 0 radical (unpaired) electrons. The largest absolute Gasteiger partial charge is 0.462 e. The number of amides is 1. The summed E-state index contributed by atoms with van der Waals surface area (Å²) in [7, 11) is 0. The van der Waals surface area contributed by atoms with Gasteiger partial charge in [0.05, 0.1) is 12.3 Å². The van der Waals surface area contributed by atoms with Gasteiger partial charge in [-0.3, -0.25) is 4.79 Å². The molecule has 0 aliphatic heterocycles. The van der Waals surface area contributed by atoms with E-state index in [1.165, 1.54) is 0 Å². The van der Waals surface area contributed by atoms with Crippen LogP contribution in [0.5, 0.6) is 6.01 Å². The molecule has 1 amide bonds. The molecule has 0 bridgehead atoms. The fourth-order valence-electron chi connectivity index (χ4n) is 3.49. The molecule has 4 rings (SSSR count). The molecule has 6 nitrogen and oxygen atoms in total. The summed E-state index contributed by atoms with van der Waals surface area (Å²) in [4.78, 5) is 17.3. The highest BCUT2D eigenvalue weighted by Gasteiger charge is 2.17. The summed E-state index contributed by atoms with van der Waals surface area (Å²) >= 11 is 0. The van der Waals surface area contributed by atoms with Crippen molar-refractivity contribution in [2.75, 3.05) is 11.9 Å². The van der Waals surface area contributed by atoms with Crippen LogP contribution in [0.25, 0.3) is 17.1 Å². The molecule has 33 heavy (non-hydrogen) atoms. The smallest absolute Gasteiger partial charge is 0.336 e. The Balaban J connectivity index is 1.63. The highest BCUT2D eigenvalue weighted by molar-refractivity contribution is 6.05. The lowest BCUT2D eigenvalue weighted by Gasteiger charge is -2.10. The maximum atomic E-state index is 12.6. The van der Waals surface area contributed by atoms with E-state index in [0.717, 1.165) is 22.4 Å². The lowest BCUT2D eigenvalue weighted by atomic mass is 10.1. The van der Waals surface area contributed by atoms with Crippen LogP contribution in [0.15, 0.2) is 72.8 Å². The molecule has 6 heteroatoms. The van der Waals surface area contributed by atoms with Crippen LogP contribution in [0.4, 0.5) is 5.69 Å². The van der Waals surface area contributed by atoms with Gasteiger partial charge < -0.3 is 10.1 Å². The van der Waals surface area contributed by atoms with Crippen molar-refractivity contribution >= 4 is 11.6 Å². The highest BCUT2D eigenvalue weighted by Crippen LogP contribution is 2.27. The number of ether oxygens (including phenoxy) is 1. The summed E-state index contributed by atoms with van der Waals surface area (Å²) in [6.45, 7) is 8.69. The van der Waals surface area contributed by atoms with Crippen molar-refractivity contribution in [3.8, 4) is 23.1 Å². The van der Waals surface area contributed by atoms with Crippen LogP contribution in [0, 0.1) is 19.8 Å². The number of carbonyl (C=O) groups excluding carboxylic acids is 1. The quantitative estimate of drug-likeness (QED) is 0.392. The third-order valence-electron chi connectivity index (χ3n) is 5.28. The van der Waals surface area contributed by atoms with E-state index in [1.54, 1.807) is 4.68 Å². The van der Waals surface area contributed by atoms with Gasteiger partial charge in [-0.25, -0.2) is 4.68 Å². The monoisotopic (exact) mass is 440 g/mol. The Hall–Kier alpha value is -3.93. The average Bonchev–Trinajstić information content (AvgIpc) is 3.23. The molecule has 0 aliphatic rings. The van der Waals surface area contributed by atoms with E-state index in [2.05, 4.69) is 29.2 Å². The number of aryl methyl sites for hydroxylation is 2. The number of aromatic nitrogens is 3. The molecular formula is C27H28N4O2. The summed E-state index contributed by atoms with van der Waals surface area (Å²) < 4.78 is 7.59. The Morgan fingerprint density at radius 2 is 1.61 bits per heavy atom. The summed E-state index contributed by atoms with van der Waals surface area (Å²) in [5.74, 6) is 0.949. The Morgan fingerprint density at radius 3 is 2.27 bits per heavy atom. The van der Waals surface area contributed by atoms with Crippen LogP contribution < -0.4 is 10.1 Å². The van der Waals surface area contributed by atoms with Crippen molar-refractivity contribution < 1.29 is 9.53 Å². The second kappa shape index (κ2) is 9.69. The number of anilines is 1. The standard InChI is InChI=1S/C27H28N4O2/c1-18(2)17-33-27-29-25(23-11-7-5-9-19(23)3)31(30-27)22-15-13-21(14-16-22)28-26(32)24-12-8-6-10-20(24)4/h5-16,18H,17H2,1-4H3,(H,28,32). The maximum absolute atomic E-state index is 12.6. The van der Waals surface area contributed by atoms with Crippen LogP contribution in [0.1, 0.15) is 35.3 Å². The number of rotatable bonds is 7. The van der Waals surface area contributed by atoms with Crippen molar-refractivity contribution in [2.45, 2.75) is 27.7 Å². The molecule has 3 aromatic carbocycles. The van der Waals surface area contributed by atoms with E-state index in [0.29, 0.717) is 35.6 Å². The van der Waals surface area contributed by atoms with Gasteiger partial charge in [0, 0.05) is 16.8 Å². The topological polar surface area (TPSA) is 69.0 Å². The molecule has 0 saturated heterocycles. The molecule has 0 atom stereocenters. The Bertz CT molecular complexity index is 1260. The zero-order valence-corrected chi connectivity index (χ0v) is 19.4. The number of benzene rings is 3. The van der Waals surface area contributed by atoms with Gasteiger partial charge in [-0.1, -0.05) is 56.3 Å². The van der Waals surface area contributed by atoms with Gasteiger partial charge in [-0.2, -0.15) is 4.98 Å². The first kappa shape index (κ1) is 22.3. The summed E-state index contributed by atoms with van der Waals surface area (Å²) in [6, 6.07) is 23.5. The van der Waals surface area contributed by atoms with Crippen molar-refractivity contribution in [1.82, 2.24) is 14.8 Å². The molecular weight excluding hydrogens is 412 g/mol. The van der Waals surface area contributed by atoms with E-state index in [-0.39, 0.29) is 5.91 Å². The minimum atomic E-state index is -0.133. The fourth-order valence-corrected chi connectivity index (χ4v) is 3.49. The SMILES string of the molecule is Cc1ccccc1C(=O)Nc1ccc(-n2nc(OCC(C)C)nc2-c2ccccc2C)cc1. The van der Waals surface area contributed by atoms with E-state index in [9.17, 15) is 4.79 Å². The first-order valence-corrected chi connectivity index (χ1v) is 11.1. The van der Waals surface area contributed by atoms with Gasteiger partial charge in [0.1, 0.15) is 0 Å². The van der Waals surface area contributed by atoms with E-state index in [4.69, 9.17) is 4.74 Å². The third kappa shape index (κ3) is 5.12. The summed E-state index contributed by atoms with van der Waals surface area (Å²) in [5.41, 5.74) is 5.22. The molecule has 0 aliphatic carbocycles. The first-order chi connectivity index (χ1) is 15.9. The van der Waals surface area contributed by atoms with Crippen LogP contribution in [-0.4, -0.2) is 27.3 Å². The van der Waals surface area contributed by atoms with Crippen molar-refractivity contribution in [2.24, 2.45) is 5.92 Å². The van der Waals surface area contributed by atoms with E-state index < -0.39 is 0 Å². The summed E-state index contributed by atoms with van der Waals surface area (Å²) in [6.07, 6.45) is 0. The molecule has 0 saturated carbocycles. The lowest BCUT2D eigenvalue weighted by Crippen LogP contribution is -2.13. The van der Waals surface area contributed by atoms with Gasteiger partial charge in [-0.15, -0.1) is 5.10 Å². The molecule has 1 aromatic heterocycles. The molecule has 168 valence electrons. The van der Waals surface area contributed by atoms with Gasteiger partial charge in [0.2, 0.25) is 0 Å². The van der Waals surface area contributed by atoms with Crippen LogP contribution in [0.3, 0.4) is 0 Å². The molecule has 1 N–H and O–H groups in total.